The minimum atomic E-state index is 0. The molecule has 5 rings (SSSR count). The number of carbonyl (C=O) groups excluding carboxylic acids is 1. The van der Waals surface area contributed by atoms with Crippen LogP contribution < -0.4 is 14.8 Å². The summed E-state index contributed by atoms with van der Waals surface area (Å²) in [6, 6.07) is 20.6. The quantitative estimate of drug-likeness (QED) is 0.608. The average molecular weight is 454 g/mol. The van der Waals surface area contributed by atoms with E-state index in [2.05, 4.69) is 57.6 Å². The van der Waals surface area contributed by atoms with Crippen LogP contribution in [0.1, 0.15) is 12.0 Å². The standard InChI is InChI=1S/C25H27N3O3.ClH/c29-25(26-21-8-9-23-24(16-21)31-18-30-23)10-11-27-12-14-28(15-13-27)17-20-6-3-5-19-4-1-2-7-22(19)20;/h1-9,16H,10-15,17-18H2,(H,26,29);1H. The van der Waals surface area contributed by atoms with Crippen molar-refractivity contribution in [3.05, 3.63) is 66.2 Å². The highest BCUT2D eigenvalue weighted by Crippen LogP contribution is 2.34. The molecule has 6 nitrogen and oxygen atoms in total. The number of rotatable bonds is 6. The maximum Gasteiger partial charge on any atom is 0.231 e. The highest BCUT2D eigenvalue weighted by Gasteiger charge is 2.19. The Morgan fingerprint density at radius 1 is 0.875 bits per heavy atom. The van der Waals surface area contributed by atoms with E-state index < -0.39 is 0 Å². The van der Waals surface area contributed by atoms with Gasteiger partial charge in [0.25, 0.3) is 0 Å². The van der Waals surface area contributed by atoms with Gasteiger partial charge in [-0.2, -0.15) is 0 Å². The zero-order chi connectivity index (χ0) is 21.0. The van der Waals surface area contributed by atoms with Crippen LogP contribution in [0.3, 0.4) is 0 Å². The molecular formula is C25H28ClN3O3. The Labute approximate surface area is 194 Å². The van der Waals surface area contributed by atoms with Crippen molar-refractivity contribution in [2.24, 2.45) is 0 Å². The highest BCUT2D eigenvalue weighted by molar-refractivity contribution is 5.91. The lowest BCUT2D eigenvalue weighted by atomic mass is 10.0. The number of ether oxygens (including phenoxy) is 2. The van der Waals surface area contributed by atoms with E-state index in [-0.39, 0.29) is 25.1 Å². The Bertz CT molecular complexity index is 1080. The minimum absolute atomic E-state index is 0. The molecule has 1 N–H and O–H groups in total. The molecule has 2 aliphatic heterocycles. The lowest BCUT2D eigenvalue weighted by Gasteiger charge is -2.34. The molecule has 3 aromatic rings. The molecule has 2 heterocycles. The molecule has 2 aliphatic rings. The molecule has 0 aliphatic carbocycles. The summed E-state index contributed by atoms with van der Waals surface area (Å²) >= 11 is 0. The Morgan fingerprint density at radius 3 is 2.50 bits per heavy atom. The first kappa shape index (κ1) is 22.4. The summed E-state index contributed by atoms with van der Waals surface area (Å²) in [5, 5.41) is 5.60. The molecule has 0 atom stereocenters. The highest BCUT2D eigenvalue weighted by atomic mass is 35.5. The van der Waals surface area contributed by atoms with Gasteiger partial charge in [0.05, 0.1) is 0 Å². The van der Waals surface area contributed by atoms with Crippen molar-refractivity contribution >= 4 is 34.8 Å². The number of nitrogens with zero attached hydrogens (tertiary/aromatic N) is 2. The second kappa shape index (κ2) is 10.2. The topological polar surface area (TPSA) is 54.0 Å². The van der Waals surface area contributed by atoms with E-state index in [1.807, 2.05) is 18.2 Å². The third-order valence-corrected chi connectivity index (χ3v) is 6.05. The van der Waals surface area contributed by atoms with Gasteiger partial charge >= 0.3 is 0 Å². The molecule has 0 unspecified atom stereocenters. The van der Waals surface area contributed by atoms with Gasteiger partial charge in [-0.3, -0.25) is 9.69 Å². The van der Waals surface area contributed by atoms with Gasteiger partial charge in [-0.1, -0.05) is 42.5 Å². The van der Waals surface area contributed by atoms with Crippen LogP contribution in [0.5, 0.6) is 11.5 Å². The van der Waals surface area contributed by atoms with Gasteiger partial charge in [-0.15, -0.1) is 12.4 Å². The summed E-state index contributed by atoms with van der Waals surface area (Å²) in [7, 11) is 0. The van der Waals surface area contributed by atoms with E-state index in [1.54, 1.807) is 0 Å². The van der Waals surface area contributed by atoms with Crippen LogP contribution in [-0.2, 0) is 11.3 Å². The van der Waals surface area contributed by atoms with E-state index in [0.717, 1.165) is 50.7 Å². The van der Waals surface area contributed by atoms with E-state index in [9.17, 15) is 4.79 Å². The van der Waals surface area contributed by atoms with Crippen molar-refractivity contribution in [2.45, 2.75) is 13.0 Å². The fraction of sp³-hybridized carbons (Fsp3) is 0.320. The van der Waals surface area contributed by atoms with Crippen LogP contribution in [0.15, 0.2) is 60.7 Å². The number of nitrogens with one attached hydrogen (secondary N) is 1. The minimum Gasteiger partial charge on any atom is -0.454 e. The Morgan fingerprint density at radius 2 is 1.62 bits per heavy atom. The first-order valence-corrected chi connectivity index (χ1v) is 10.9. The number of piperazine rings is 1. The third-order valence-electron chi connectivity index (χ3n) is 6.05. The summed E-state index contributed by atoms with van der Waals surface area (Å²) in [5.74, 6) is 1.43. The molecule has 3 aromatic carbocycles. The van der Waals surface area contributed by atoms with Crippen LogP contribution in [0.2, 0.25) is 0 Å². The second-order valence-corrected chi connectivity index (χ2v) is 8.12. The molecule has 0 bridgehead atoms. The van der Waals surface area contributed by atoms with Gasteiger partial charge in [0.15, 0.2) is 11.5 Å². The first-order valence-electron chi connectivity index (χ1n) is 10.9. The van der Waals surface area contributed by atoms with E-state index in [1.165, 1.54) is 16.3 Å². The number of carbonyl (C=O) groups is 1. The van der Waals surface area contributed by atoms with Gasteiger partial charge in [0, 0.05) is 57.4 Å². The van der Waals surface area contributed by atoms with Crippen molar-refractivity contribution in [3.8, 4) is 11.5 Å². The van der Waals surface area contributed by atoms with Gasteiger partial charge in [0.2, 0.25) is 12.7 Å². The van der Waals surface area contributed by atoms with Crippen LogP contribution in [0, 0.1) is 0 Å². The van der Waals surface area contributed by atoms with Crippen molar-refractivity contribution < 1.29 is 14.3 Å². The second-order valence-electron chi connectivity index (χ2n) is 8.12. The molecule has 0 aromatic heterocycles. The first-order chi connectivity index (χ1) is 15.2. The predicted molar refractivity (Wildman–Crippen MR) is 129 cm³/mol. The SMILES string of the molecule is Cl.O=C(CCN1CCN(Cc2cccc3ccccc23)CC1)Nc1ccc2c(c1)OCO2. The van der Waals surface area contributed by atoms with Crippen LogP contribution in [0.25, 0.3) is 10.8 Å². The predicted octanol–water partition coefficient (Wildman–Crippen LogP) is 4.14. The van der Waals surface area contributed by atoms with Crippen molar-refractivity contribution in [3.63, 3.8) is 0 Å². The monoisotopic (exact) mass is 453 g/mol. The summed E-state index contributed by atoms with van der Waals surface area (Å²) in [6.45, 7) is 6.00. The number of benzene rings is 3. The summed E-state index contributed by atoms with van der Waals surface area (Å²) in [5.41, 5.74) is 2.13. The Kier molecular flexibility index (Phi) is 7.15. The summed E-state index contributed by atoms with van der Waals surface area (Å²) in [4.78, 5) is 17.2. The van der Waals surface area contributed by atoms with Gasteiger partial charge in [-0.25, -0.2) is 0 Å². The smallest absolute Gasteiger partial charge is 0.231 e. The molecule has 0 spiro atoms. The third kappa shape index (κ3) is 5.15. The van der Waals surface area contributed by atoms with Crippen molar-refractivity contribution in [2.75, 3.05) is 44.8 Å². The fourth-order valence-corrected chi connectivity index (χ4v) is 4.30. The lowest BCUT2D eigenvalue weighted by molar-refractivity contribution is -0.116. The van der Waals surface area contributed by atoms with Crippen LogP contribution in [0.4, 0.5) is 5.69 Å². The van der Waals surface area contributed by atoms with E-state index in [4.69, 9.17) is 9.47 Å². The normalized spacial score (nSPS) is 16.0. The van der Waals surface area contributed by atoms with E-state index >= 15 is 0 Å². The molecular weight excluding hydrogens is 426 g/mol. The lowest BCUT2D eigenvalue weighted by Crippen LogP contribution is -2.46. The number of fused-ring (bicyclic) bond motifs is 2. The number of hydrogen-bond donors (Lipinski definition) is 1. The zero-order valence-corrected chi connectivity index (χ0v) is 18.8. The molecule has 1 amide bonds. The molecule has 32 heavy (non-hydrogen) atoms. The molecule has 0 radical (unpaired) electrons. The van der Waals surface area contributed by atoms with E-state index in [0.29, 0.717) is 12.2 Å². The maximum atomic E-state index is 12.4. The number of amides is 1. The van der Waals surface area contributed by atoms with Gasteiger partial charge in [0.1, 0.15) is 0 Å². The zero-order valence-electron chi connectivity index (χ0n) is 18.0. The summed E-state index contributed by atoms with van der Waals surface area (Å²) < 4.78 is 10.7. The Balaban J connectivity index is 0.00000245. The molecule has 1 fully saturated rings. The van der Waals surface area contributed by atoms with Crippen molar-refractivity contribution in [1.29, 1.82) is 0 Å². The molecule has 0 saturated carbocycles. The molecule has 1 saturated heterocycles. The molecule has 7 heteroatoms. The van der Waals surface area contributed by atoms with Crippen LogP contribution in [-0.4, -0.2) is 55.2 Å². The van der Waals surface area contributed by atoms with Gasteiger partial charge in [-0.05, 0) is 28.5 Å². The summed E-state index contributed by atoms with van der Waals surface area (Å²) in [6.07, 6.45) is 0.484. The fourth-order valence-electron chi connectivity index (χ4n) is 4.30. The molecule has 168 valence electrons. The maximum absolute atomic E-state index is 12.4. The van der Waals surface area contributed by atoms with Crippen LogP contribution >= 0.6 is 12.4 Å². The number of anilines is 1. The van der Waals surface area contributed by atoms with Crippen molar-refractivity contribution in [1.82, 2.24) is 9.80 Å². The number of hydrogen-bond acceptors (Lipinski definition) is 5. The van der Waals surface area contributed by atoms with Gasteiger partial charge < -0.3 is 19.7 Å². The number of halogens is 1. The largest absolute Gasteiger partial charge is 0.454 e. The Hall–Kier alpha value is -2.80. The average Bonchev–Trinajstić information content (AvgIpc) is 3.27.